The molecule has 3 fully saturated rings. The lowest BCUT2D eigenvalue weighted by molar-refractivity contribution is -0.132. The number of carbonyl (C=O) groups is 1. The van der Waals surface area contributed by atoms with E-state index in [9.17, 15) is 4.79 Å². The Hall–Kier alpha value is -0.790. The average Bonchev–Trinajstić information content (AvgIpc) is 2.87. The van der Waals surface area contributed by atoms with E-state index in [0.717, 1.165) is 17.8 Å². The van der Waals surface area contributed by atoms with Crippen LogP contribution in [-0.2, 0) is 4.79 Å². The lowest BCUT2D eigenvalue weighted by atomic mass is 9.71. The van der Waals surface area contributed by atoms with Gasteiger partial charge in [0.05, 0.1) is 0 Å². The molecule has 16 heavy (non-hydrogen) atoms. The Labute approximate surface area is 96.7 Å². The summed E-state index contributed by atoms with van der Waals surface area (Å²) < 4.78 is 0. The third-order valence-electron chi connectivity index (χ3n) is 5.38. The van der Waals surface area contributed by atoms with Crippen LogP contribution in [0.15, 0.2) is 11.6 Å². The van der Waals surface area contributed by atoms with Gasteiger partial charge in [0, 0.05) is 5.57 Å². The fourth-order valence-electron chi connectivity index (χ4n) is 4.85. The second kappa shape index (κ2) is 3.35. The monoisotopic (exact) mass is 220 g/mol. The Bertz CT molecular complexity index is 358. The third kappa shape index (κ3) is 1.28. The van der Waals surface area contributed by atoms with Gasteiger partial charge in [0.25, 0.3) is 0 Å². The summed E-state index contributed by atoms with van der Waals surface area (Å²) in [5.41, 5.74) is 0.835. The lowest BCUT2D eigenvalue weighted by Gasteiger charge is -2.33. The zero-order chi connectivity index (χ0) is 11.3. The van der Waals surface area contributed by atoms with Crippen molar-refractivity contribution < 1.29 is 9.90 Å². The van der Waals surface area contributed by atoms with Gasteiger partial charge < -0.3 is 5.11 Å². The second-order valence-electron chi connectivity index (χ2n) is 6.07. The fraction of sp³-hybridized carbons (Fsp3) is 0.786. The standard InChI is InChI=1S/C14H20O2/c1-9(13(15)16)7-14-6-5-10(8-14)11-3-2-4-12(11)14/h7,10-12H,2-6,8H2,1H3,(H,15,16)/b9-7+. The molecule has 0 amide bonds. The van der Waals surface area contributed by atoms with Gasteiger partial charge in [0.1, 0.15) is 0 Å². The Kier molecular flexibility index (Phi) is 2.17. The van der Waals surface area contributed by atoms with Gasteiger partial charge >= 0.3 is 5.97 Å². The molecule has 0 saturated heterocycles. The van der Waals surface area contributed by atoms with E-state index in [4.69, 9.17) is 5.11 Å². The number of carboxylic acid groups (broad SMARTS) is 1. The average molecular weight is 220 g/mol. The molecule has 2 nitrogen and oxygen atoms in total. The van der Waals surface area contributed by atoms with Gasteiger partial charge in [-0.05, 0) is 62.2 Å². The molecular weight excluding hydrogens is 200 g/mol. The Morgan fingerprint density at radius 2 is 2.19 bits per heavy atom. The maximum absolute atomic E-state index is 11.0. The van der Waals surface area contributed by atoms with Crippen molar-refractivity contribution in [2.45, 2.75) is 45.4 Å². The minimum Gasteiger partial charge on any atom is -0.478 e. The molecule has 4 atom stereocenters. The Balaban J connectivity index is 1.93. The molecular formula is C14H20O2. The van der Waals surface area contributed by atoms with Crippen LogP contribution < -0.4 is 0 Å². The zero-order valence-electron chi connectivity index (χ0n) is 9.91. The molecule has 3 aliphatic carbocycles. The molecule has 0 aromatic carbocycles. The molecule has 1 N–H and O–H groups in total. The van der Waals surface area contributed by atoms with E-state index in [2.05, 4.69) is 6.08 Å². The molecule has 3 saturated carbocycles. The van der Waals surface area contributed by atoms with Gasteiger partial charge in [-0.2, -0.15) is 0 Å². The molecule has 2 bridgehead atoms. The summed E-state index contributed by atoms with van der Waals surface area (Å²) in [6.07, 6.45) is 10.1. The molecule has 0 aliphatic heterocycles. The van der Waals surface area contributed by atoms with Crippen LogP contribution in [0, 0.1) is 23.2 Å². The van der Waals surface area contributed by atoms with Crippen LogP contribution in [0.2, 0.25) is 0 Å². The minimum absolute atomic E-state index is 0.272. The topological polar surface area (TPSA) is 37.3 Å². The van der Waals surface area contributed by atoms with E-state index in [1.54, 1.807) is 6.92 Å². The lowest BCUT2D eigenvalue weighted by Crippen LogP contribution is -2.26. The van der Waals surface area contributed by atoms with E-state index in [0.29, 0.717) is 5.57 Å². The highest BCUT2D eigenvalue weighted by atomic mass is 16.4. The Morgan fingerprint density at radius 1 is 1.38 bits per heavy atom. The number of hydrogen-bond donors (Lipinski definition) is 1. The van der Waals surface area contributed by atoms with E-state index in [1.807, 2.05) is 0 Å². The summed E-state index contributed by atoms with van der Waals surface area (Å²) in [7, 11) is 0. The summed E-state index contributed by atoms with van der Waals surface area (Å²) in [6, 6.07) is 0. The second-order valence-corrected chi connectivity index (χ2v) is 6.07. The predicted octanol–water partition coefficient (Wildman–Crippen LogP) is 3.23. The van der Waals surface area contributed by atoms with Crippen molar-refractivity contribution in [2.75, 3.05) is 0 Å². The van der Waals surface area contributed by atoms with Crippen LogP contribution in [0.5, 0.6) is 0 Å². The van der Waals surface area contributed by atoms with Crippen molar-refractivity contribution in [3.63, 3.8) is 0 Å². The van der Waals surface area contributed by atoms with Gasteiger partial charge in [-0.3, -0.25) is 0 Å². The van der Waals surface area contributed by atoms with Crippen molar-refractivity contribution in [3.8, 4) is 0 Å². The third-order valence-corrected chi connectivity index (χ3v) is 5.38. The highest BCUT2D eigenvalue weighted by Crippen LogP contribution is 2.66. The normalized spacial score (nSPS) is 46.1. The molecule has 0 spiro atoms. The maximum atomic E-state index is 11.0. The molecule has 3 rings (SSSR count). The predicted molar refractivity (Wildman–Crippen MR) is 62.0 cm³/mol. The molecule has 0 radical (unpaired) electrons. The molecule has 0 heterocycles. The quantitative estimate of drug-likeness (QED) is 0.725. The first kappa shape index (κ1) is 10.4. The number of allylic oxidation sites excluding steroid dienone is 1. The van der Waals surface area contributed by atoms with Gasteiger partial charge in [0.15, 0.2) is 0 Å². The number of carboxylic acids is 1. The van der Waals surface area contributed by atoms with Crippen molar-refractivity contribution >= 4 is 5.97 Å². The smallest absolute Gasteiger partial charge is 0.330 e. The highest BCUT2D eigenvalue weighted by Gasteiger charge is 2.57. The van der Waals surface area contributed by atoms with Crippen molar-refractivity contribution in [1.82, 2.24) is 0 Å². The largest absolute Gasteiger partial charge is 0.478 e. The summed E-state index contributed by atoms with van der Waals surface area (Å²) in [5.74, 6) is 1.90. The van der Waals surface area contributed by atoms with Crippen LogP contribution in [0.3, 0.4) is 0 Å². The van der Waals surface area contributed by atoms with Crippen molar-refractivity contribution in [3.05, 3.63) is 11.6 Å². The molecule has 2 heteroatoms. The molecule has 3 aliphatic rings. The van der Waals surface area contributed by atoms with Crippen LogP contribution in [0.25, 0.3) is 0 Å². The summed E-state index contributed by atoms with van der Waals surface area (Å²) in [6.45, 7) is 1.76. The van der Waals surface area contributed by atoms with Gasteiger partial charge in [-0.25, -0.2) is 4.79 Å². The maximum Gasteiger partial charge on any atom is 0.330 e. The van der Waals surface area contributed by atoms with Gasteiger partial charge in [-0.15, -0.1) is 0 Å². The molecule has 4 unspecified atom stereocenters. The number of hydrogen-bond acceptors (Lipinski definition) is 1. The first-order valence-corrected chi connectivity index (χ1v) is 6.55. The zero-order valence-corrected chi connectivity index (χ0v) is 9.91. The van der Waals surface area contributed by atoms with Crippen LogP contribution in [0.1, 0.15) is 45.4 Å². The van der Waals surface area contributed by atoms with Crippen molar-refractivity contribution in [1.29, 1.82) is 0 Å². The summed E-state index contributed by atoms with van der Waals surface area (Å²) >= 11 is 0. The van der Waals surface area contributed by atoms with E-state index >= 15 is 0 Å². The molecule has 88 valence electrons. The van der Waals surface area contributed by atoms with Crippen LogP contribution >= 0.6 is 0 Å². The Morgan fingerprint density at radius 3 is 2.94 bits per heavy atom. The van der Waals surface area contributed by atoms with Crippen molar-refractivity contribution in [2.24, 2.45) is 23.2 Å². The summed E-state index contributed by atoms with van der Waals surface area (Å²) in [5, 5.41) is 9.04. The fourth-order valence-corrected chi connectivity index (χ4v) is 4.85. The first-order chi connectivity index (χ1) is 7.62. The summed E-state index contributed by atoms with van der Waals surface area (Å²) in [4.78, 5) is 11.0. The number of fused-ring (bicyclic) bond motifs is 5. The number of aliphatic carboxylic acids is 1. The van der Waals surface area contributed by atoms with E-state index < -0.39 is 5.97 Å². The van der Waals surface area contributed by atoms with E-state index in [1.165, 1.54) is 38.5 Å². The molecule has 0 aromatic heterocycles. The van der Waals surface area contributed by atoms with Crippen LogP contribution in [0.4, 0.5) is 0 Å². The van der Waals surface area contributed by atoms with Gasteiger partial charge in [0.2, 0.25) is 0 Å². The number of rotatable bonds is 2. The first-order valence-electron chi connectivity index (χ1n) is 6.55. The SMILES string of the molecule is C/C(=C\C12CCC(C1)C1CCCC12)C(=O)O. The van der Waals surface area contributed by atoms with Gasteiger partial charge in [-0.1, -0.05) is 12.5 Å². The van der Waals surface area contributed by atoms with E-state index in [-0.39, 0.29) is 5.41 Å². The molecule has 0 aromatic rings. The minimum atomic E-state index is -0.737. The highest BCUT2D eigenvalue weighted by molar-refractivity contribution is 5.86. The van der Waals surface area contributed by atoms with Crippen LogP contribution in [-0.4, -0.2) is 11.1 Å².